The van der Waals surface area contributed by atoms with E-state index in [9.17, 15) is 0 Å². The highest BCUT2D eigenvalue weighted by Crippen LogP contribution is 2.45. The maximum atomic E-state index is 5.37. The van der Waals surface area contributed by atoms with Crippen molar-refractivity contribution in [1.82, 2.24) is 9.97 Å². The van der Waals surface area contributed by atoms with Crippen molar-refractivity contribution in [1.29, 1.82) is 0 Å². The molecule has 2 heteroatoms. The summed E-state index contributed by atoms with van der Waals surface area (Å²) in [5, 5.41) is 15.1. The summed E-state index contributed by atoms with van der Waals surface area (Å²) in [4.78, 5) is 10.7. The van der Waals surface area contributed by atoms with E-state index in [4.69, 9.17) is 9.97 Å². The van der Waals surface area contributed by atoms with Crippen molar-refractivity contribution < 1.29 is 0 Å². The van der Waals surface area contributed by atoms with Crippen molar-refractivity contribution in [2.75, 3.05) is 0 Å². The zero-order valence-corrected chi connectivity index (χ0v) is 31.5. The molecule has 11 aromatic carbocycles. The van der Waals surface area contributed by atoms with Crippen molar-refractivity contribution in [2.24, 2.45) is 0 Å². The Morgan fingerprint density at radius 1 is 0.224 bits per heavy atom. The van der Waals surface area contributed by atoms with Crippen molar-refractivity contribution >= 4 is 64.6 Å². The number of hydrogen-bond acceptors (Lipinski definition) is 2. The van der Waals surface area contributed by atoms with Crippen LogP contribution in [0.5, 0.6) is 0 Å². The van der Waals surface area contributed by atoms with Gasteiger partial charge in [0.1, 0.15) is 0 Å². The van der Waals surface area contributed by atoms with E-state index in [0.29, 0.717) is 5.82 Å². The lowest BCUT2D eigenvalue weighted by Crippen LogP contribution is -1.97. The topological polar surface area (TPSA) is 25.8 Å². The summed E-state index contributed by atoms with van der Waals surface area (Å²) in [6, 6.07) is 74.7. The van der Waals surface area contributed by atoms with E-state index in [1.54, 1.807) is 0 Å². The van der Waals surface area contributed by atoms with Crippen molar-refractivity contribution in [3.63, 3.8) is 0 Å². The molecule has 0 aliphatic carbocycles. The predicted molar refractivity (Wildman–Crippen MR) is 245 cm³/mol. The Morgan fingerprint density at radius 2 is 0.621 bits per heavy atom. The Kier molecular flexibility index (Phi) is 7.26. The largest absolute Gasteiger partial charge is 0.228 e. The van der Waals surface area contributed by atoms with E-state index in [0.717, 1.165) is 50.3 Å². The van der Waals surface area contributed by atoms with Gasteiger partial charge in [-0.1, -0.05) is 170 Å². The fourth-order valence-corrected chi connectivity index (χ4v) is 9.26. The number of benzene rings is 10. The standard InChI is InChI=1S/C56H34N2/c1-4-13-35(14-5-1)42-30-43(36-15-6-2-7-16-36)32-44(31-42)50-34-51(58-56(57-50)40-17-8-3-9-18-40)45-29-41-28-27-39-20-11-23-47-46-22-10-19-37-25-26-38-21-12-24-48(54(38)52(37)46)49(33-45)55(41)53(39)47/h1-34H. The van der Waals surface area contributed by atoms with Gasteiger partial charge in [-0.2, -0.15) is 0 Å². The smallest absolute Gasteiger partial charge is 0.160 e. The normalized spacial score (nSPS) is 11.8. The van der Waals surface area contributed by atoms with Gasteiger partial charge in [0.15, 0.2) is 5.82 Å². The molecule has 1 heterocycles. The molecule has 0 unspecified atom stereocenters. The van der Waals surface area contributed by atoms with Gasteiger partial charge < -0.3 is 0 Å². The number of rotatable bonds is 5. The van der Waals surface area contributed by atoms with Gasteiger partial charge in [0.05, 0.1) is 11.4 Å². The third kappa shape index (κ3) is 5.19. The monoisotopic (exact) mass is 734 g/mol. The molecule has 0 fully saturated rings. The molecular formula is C56H34N2. The third-order valence-electron chi connectivity index (χ3n) is 11.9. The molecular weight excluding hydrogens is 701 g/mol. The molecule has 12 rings (SSSR count). The van der Waals surface area contributed by atoms with E-state index in [-0.39, 0.29) is 0 Å². The lowest BCUT2D eigenvalue weighted by molar-refractivity contribution is 1.18. The van der Waals surface area contributed by atoms with Crippen LogP contribution in [0.3, 0.4) is 0 Å². The molecule has 0 radical (unpaired) electrons. The average Bonchev–Trinajstić information content (AvgIpc) is 3.30. The van der Waals surface area contributed by atoms with E-state index >= 15 is 0 Å². The van der Waals surface area contributed by atoms with Crippen LogP contribution in [0.25, 0.3) is 121 Å². The maximum absolute atomic E-state index is 5.37. The number of hydrogen-bond donors (Lipinski definition) is 0. The SMILES string of the molecule is c1ccc(-c2cc(-c3ccccc3)cc(-c3cc(-c4cc5ccc6cccc7c8cccc9ccc%10cccc(c(c4)c5c67)c%10c98)nc(-c4ccccc4)n3)c2)cc1. The van der Waals surface area contributed by atoms with Gasteiger partial charge in [-0.15, -0.1) is 0 Å². The number of fused-ring (bicyclic) bond motifs is 2. The fourth-order valence-electron chi connectivity index (χ4n) is 9.26. The van der Waals surface area contributed by atoms with E-state index in [1.165, 1.54) is 64.6 Å². The van der Waals surface area contributed by atoms with Crippen LogP contribution in [0.2, 0.25) is 0 Å². The summed E-state index contributed by atoms with van der Waals surface area (Å²) in [5.41, 5.74) is 9.46. The van der Waals surface area contributed by atoms with Crippen LogP contribution in [0, 0.1) is 0 Å². The Morgan fingerprint density at radius 3 is 1.12 bits per heavy atom. The van der Waals surface area contributed by atoms with Crippen LogP contribution in [0.4, 0.5) is 0 Å². The van der Waals surface area contributed by atoms with E-state index in [2.05, 4.69) is 200 Å². The van der Waals surface area contributed by atoms with Crippen LogP contribution in [-0.2, 0) is 0 Å². The minimum Gasteiger partial charge on any atom is -0.228 e. The van der Waals surface area contributed by atoms with Crippen LogP contribution in [-0.4, -0.2) is 9.97 Å². The Balaban J connectivity index is 1.18. The molecule has 0 aliphatic rings. The second kappa shape index (κ2) is 12.9. The second-order valence-corrected chi connectivity index (χ2v) is 15.3. The summed E-state index contributed by atoms with van der Waals surface area (Å²) in [6.45, 7) is 0. The van der Waals surface area contributed by atoms with Gasteiger partial charge in [-0.05, 0) is 123 Å². The average molecular weight is 735 g/mol. The zero-order valence-electron chi connectivity index (χ0n) is 31.5. The first kappa shape index (κ1) is 32.6. The Bertz CT molecular complexity index is 3470. The molecule has 0 spiro atoms. The minimum atomic E-state index is 0.698. The summed E-state index contributed by atoms with van der Waals surface area (Å²) < 4.78 is 0. The molecule has 1 aromatic heterocycles. The summed E-state index contributed by atoms with van der Waals surface area (Å²) in [6.07, 6.45) is 0. The van der Waals surface area contributed by atoms with Crippen LogP contribution < -0.4 is 0 Å². The Hall–Kier alpha value is -7.68. The lowest BCUT2D eigenvalue weighted by atomic mass is 9.87. The van der Waals surface area contributed by atoms with Crippen LogP contribution in [0.1, 0.15) is 0 Å². The molecule has 0 bridgehead atoms. The molecule has 58 heavy (non-hydrogen) atoms. The molecule has 0 saturated carbocycles. The predicted octanol–water partition coefficient (Wildman–Crippen LogP) is 15.2. The molecule has 0 amide bonds. The second-order valence-electron chi connectivity index (χ2n) is 15.3. The van der Waals surface area contributed by atoms with Crippen molar-refractivity contribution in [3.05, 3.63) is 206 Å². The summed E-state index contributed by atoms with van der Waals surface area (Å²) in [5.74, 6) is 0.698. The van der Waals surface area contributed by atoms with Gasteiger partial charge in [0.25, 0.3) is 0 Å². The first-order valence-corrected chi connectivity index (χ1v) is 19.9. The maximum Gasteiger partial charge on any atom is 0.160 e. The zero-order chi connectivity index (χ0) is 38.2. The lowest BCUT2D eigenvalue weighted by Gasteiger charge is -2.17. The first-order chi connectivity index (χ1) is 28.7. The number of nitrogens with zero attached hydrogens (tertiary/aromatic N) is 2. The molecule has 2 nitrogen and oxygen atoms in total. The molecule has 12 aromatic rings. The van der Waals surface area contributed by atoms with Gasteiger partial charge in [0, 0.05) is 16.7 Å². The van der Waals surface area contributed by atoms with E-state index < -0.39 is 0 Å². The fraction of sp³-hybridized carbons (Fsp3) is 0. The number of aromatic nitrogens is 2. The molecule has 0 N–H and O–H groups in total. The highest BCUT2D eigenvalue weighted by atomic mass is 14.9. The van der Waals surface area contributed by atoms with Crippen molar-refractivity contribution in [3.8, 4) is 56.2 Å². The molecule has 0 atom stereocenters. The van der Waals surface area contributed by atoms with Gasteiger partial charge in [-0.3, -0.25) is 0 Å². The third-order valence-corrected chi connectivity index (χ3v) is 11.9. The molecule has 268 valence electrons. The van der Waals surface area contributed by atoms with Gasteiger partial charge >= 0.3 is 0 Å². The van der Waals surface area contributed by atoms with Gasteiger partial charge in [0.2, 0.25) is 0 Å². The molecule has 0 saturated heterocycles. The highest BCUT2D eigenvalue weighted by molar-refractivity contribution is 6.37. The first-order valence-electron chi connectivity index (χ1n) is 19.9. The molecule has 0 aliphatic heterocycles. The summed E-state index contributed by atoms with van der Waals surface area (Å²) in [7, 11) is 0. The van der Waals surface area contributed by atoms with Crippen LogP contribution in [0.15, 0.2) is 206 Å². The van der Waals surface area contributed by atoms with E-state index in [1.807, 2.05) is 6.07 Å². The quantitative estimate of drug-likeness (QED) is 0.165. The summed E-state index contributed by atoms with van der Waals surface area (Å²) >= 11 is 0. The van der Waals surface area contributed by atoms with Crippen LogP contribution >= 0.6 is 0 Å². The highest BCUT2D eigenvalue weighted by Gasteiger charge is 2.18. The van der Waals surface area contributed by atoms with Crippen molar-refractivity contribution in [2.45, 2.75) is 0 Å². The Labute approximate surface area is 335 Å². The minimum absolute atomic E-state index is 0.698. The van der Waals surface area contributed by atoms with Gasteiger partial charge in [-0.25, -0.2) is 9.97 Å².